The van der Waals surface area contributed by atoms with E-state index in [4.69, 9.17) is 5.73 Å². The lowest BCUT2D eigenvalue weighted by molar-refractivity contribution is -0.384. The zero-order chi connectivity index (χ0) is 16.8. The van der Waals surface area contributed by atoms with Crippen LogP contribution in [0.1, 0.15) is 0 Å². The number of nitrogens with two attached hydrogens (primary N) is 1. The molecule has 0 amide bonds. The number of sulfone groups is 1. The largest absolute Gasteiger partial charge is 0.368 e. The van der Waals surface area contributed by atoms with Gasteiger partial charge in [-0.1, -0.05) is 0 Å². The van der Waals surface area contributed by atoms with Crippen LogP contribution in [0.25, 0.3) is 17.2 Å². The summed E-state index contributed by atoms with van der Waals surface area (Å²) < 4.78 is 24.0. The van der Waals surface area contributed by atoms with E-state index < -0.39 is 19.9 Å². The molecule has 118 valence electrons. The Labute approximate surface area is 128 Å². The third-order valence-corrected chi connectivity index (χ3v) is 3.63. The van der Waals surface area contributed by atoms with E-state index in [1.54, 1.807) is 0 Å². The van der Waals surface area contributed by atoms with Gasteiger partial charge in [-0.15, -0.1) is 5.10 Å². The number of rotatable bonds is 3. The molecule has 13 heteroatoms. The van der Waals surface area contributed by atoms with E-state index in [0.717, 1.165) is 17.0 Å². The van der Waals surface area contributed by atoms with Crippen LogP contribution in [0.3, 0.4) is 0 Å². The number of anilines is 1. The van der Waals surface area contributed by atoms with Crippen molar-refractivity contribution >= 4 is 27.3 Å². The zero-order valence-electron chi connectivity index (χ0n) is 11.5. The fourth-order valence-electron chi connectivity index (χ4n) is 1.79. The molecule has 0 bridgehead atoms. The van der Waals surface area contributed by atoms with Gasteiger partial charge in [-0.25, -0.2) is 8.42 Å². The van der Waals surface area contributed by atoms with Crippen molar-refractivity contribution in [1.29, 1.82) is 0 Å². The second-order valence-corrected chi connectivity index (χ2v) is 6.34. The molecule has 23 heavy (non-hydrogen) atoms. The number of hydrogen-bond donors (Lipinski definition) is 1. The number of aromatic nitrogens is 6. The maximum atomic E-state index is 11.5. The normalized spacial score (nSPS) is 11.7. The molecule has 0 atom stereocenters. The summed E-state index contributed by atoms with van der Waals surface area (Å²) >= 11 is 0. The van der Waals surface area contributed by atoms with Crippen molar-refractivity contribution in [1.82, 2.24) is 29.5 Å². The minimum absolute atomic E-state index is 0.0502. The molecule has 2 N–H and O–H groups in total. The summed E-state index contributed by atoms with van der Waals surface area (Å²) in [5.74, 6) is -0.448. The van der Waals surface area contributed by atoms with E-state index in [1.165, 1.54) is 12.3 Å². The van der Waals surface area contributed by atoms with Crippen LogP contribution < -0.4 is 5.73 Å². The highest BCUT2D eigenvalue weighted by Crippen LogP contribution is 2.26. The minimum atomic E-state index is -3.70. The summed E-state index contributed by atoms with van der Waals surface area (Å²) in [6, 6.07) is 1.36. The third kappa shape index (κ3) is 2.52. The van der Waals surface area contributed by atoms with Crippen LogP contribution in [0.15, 0.2) is 23.6 Å². The fraction of sp³-hybridized carbons (Fsp3) is 0.100. The molecular weight excluding hydrogens is 328 g/mol. The Morgan fingerprint density at radius 3 is 2.70 bits per heavy atom. The monoisotopic (exact) mass is 336 g/mol. The summed E-state index contributed by atoms with van der Waals surface area (Å²) in [6.07, 6.45) is 3.31. The number of nitrogens with zero attached hydrogens (tertiary/aromatic N) is 7. The van der Waals surface area contributed by atoms with E-state index >= 15 is 0 Å². The summed E-state index contributed by atoms with van der Waals surface area (Å²) in [5, 5.41) is 14.5. The van der Waals surface area contributed by atoms with Gasteiger partial charge in [0, 0.05) is 12.5 Å². The second kappa shape index (κ2) is 4.91. The lowest BCUT2D eigenvalue weighted by atomic mass is 10.2. The summed E-state index contributed by atoms with van der Waals surface area (Å²) in [4.78, 5) is 25.4. The SMILES string of the molecule is CS(=O)(=O)c1nc(N)n2nc(-c3ccncc3[N+](=O)[O-])nc2n1. The van der Waals surface area contributed by atoms with E-state index in [0.29, 0.717) is 0 Å². The topological polar surface area (TPSA) is 172 Å². The molecule has 0 fully saturated rings. The van der Waals surface area contributed by atoms with Crippen molar-refractivity contribution in [3.63, 3.8) is 0 Å². The highest BCUT2D eigenvalue weighted by Gasteiger charge is 2.22. The Morgan fingerprint density at radius 1 is 1.30 bits per heavy atom. The molecule has 0 saturated carbocycles. The summed E-state index contributed by atoms with van der Waals surface area (Å²) in [5.41, 5.74) is 5.43. The zero-order valence-corrected chi connectivity index (χ0v) is 12.3. The van der Waals surface area contributed by atoms with E-state index in [-0.39, 0.29) is 28.8 Å². The molecule has 0 aliphatic rings. The Kier molecular flexibility index (Phi) is 3.14. The van der Waals surface area contributed by atoms with Crippen molar-refractivity contribution in [2.24, 2.45) is 0 Å². The van der Waals surface area contributed by atoms with Crippen LogP contribution in [-0.4, -0.2) is 49.1 Å². The summed E-state index contributed by atoms with van der Waals surface area (Å²) in [7, 11) is -3.70. The molecule has 3 heterocycles. The van der Waals surface area contributed by atoms with Gasteiger partial charge in [-0.2, -0.15) is 19.5 Å². The predicted octanol–water partition coefficient (Wildman–Crippen LogP) is -0.525. The maximum absolute atomic E-state index is 11.5. The molecule has 12 nitrogen and oxygen atoms in total. The predicted molar refractivity (Wildman–Crippen MR) is 76.0 cm³/mol. The molecule has 3 rings (SSSR count). The first kappa shape index (κ1) is 14.7. The first-order chi connectivity index (χ1) is 10.8. The number of fused-ring (bicyclic) bond motifs is 1. The molecule has 3 aromatic rings. The second-order valence-electron chi connectivity index (χ2n) is 4.43. The van der Waals surface area contributed by atoms with Crippen LogP contribution in [0.2, 0.25) is 0 Å². The van der Waals surface area contributed by atoms with Crippen LogP contribution >= 0.6 is 0 Å². The van der Waals surface area contributed by atoms with Gasteiger partial charge in [-0.3, -0.25) is 15.1 Å². The average Bonchev–Trinajstić information content (AvgIpc) is 2.91. The van der Waals surface area contributed by atoms with Crippen molar-refractivity contribution in [3.8, 4) is 11.4 Å². The van der Waals surface area contributed by atoms with Crippen LogP contribution in [0, 0.1) is 10.1 Å². The summed E-state index contributed by atoms with van der Waals surface area (Å²) in [6.45, 7) is 0. The number of nitrogen functional groups attached to an aromatic ring is 1. The van der Waals surface area contributed by atoms with Gasteiger partial charge in [0.2, 0.25) is 15.8 Å². The van der Waals surface area contributed by atoms with E-state index in [2.05, 4.69) is 25.0 Å². The van der Waals surface area contributed by atoms with Crippen molar-refractivity contribution < 1.29 is 13.3 Å². The Morgan fingerprint density at radius 2 is 2.04 bits per heavy atom. The molecule has 0 aromatic carbocycles. The lowest BCUT2D eigenvalue weighted by Gasteiger charge is -1.99. The molecule has 0 radical (unpaired) electrons. The molecule has 0 aliphatic heterocycles. The third-order valence-electron chi connectivity index (χ3n) is 2.78. The maximum Gasteiger partial charge on any atom is 0.298 e. The van der Waals surface area contributed by atoms with Crippen molar-refractivity contribution in [3.05, 3.63) is 28.6 Å². The first-order valence-corrected chi connectivity index (χ1v) is 7.85. The Hall–Kier alpha value is -3.22. The van der Waals surface area contributed by atoms with Crippen molar-refractivity contribution in [2.75, 3.05) is 12.0 Å². The molecule has 0 spiro atoms. The van der Waals surface area contributed by atoms with Gasteiger partial charge < -0.3 is 5.73 Å². The average molecular weight is 336 g/mol. The number of hydrogen-bond acceptors (Lipinski definition) is 10. The molecule has 0 unspecified atom stereocenters. The smallest absolute Gasteiger partial charge is 0.298 e. The van der Waals surface area contributed by atoms with Crippen LogP contribution in [0.4, 0.5) is 11.6 Å². The van der Waals surface area contributed by atoms with E-state index in [9.17, 15) is 18.5 Å². The Bertz CT molecular complexity index is 1040. The van der Waals surface area contributed by atoms with Gasteiger partial charge in [0.05, 0.1) is 4.92 Å². The lowest BCUT2D eigenvalue weighted by Crippen LogP contribution is -2.11. The van der Waals surface area contributed by atoms with Gasteiger partial charge in [0.25, 0.3) is 16.6 Å². The highest BCUT2D eigenvalue weighted by molar-refractivity contribution is 7.90. The Balaban J connectivity index is 2.26. The quantitative estimate of drug-likeness (QED) is 0.484. The van der Waals surface area contributed by atoms with Gasteiger partial charge in [-0.05, 0) is 6.07 Å². The fourth-order valence-corrected chi connectivity index (χ4v) is 2.29. The minimum Gasteiger partial charge on any atom is -0.368 e. The molecular formula is C10H8N8O4S. The van der Waals surface area contributed by atoms with Crippen LogP contribution in [0.5, 0.6) is 0 Å². The van der Waals surface area contributed by atoms with Gasteiger partial charge >= 0.3 is 0 Å². The molecule has 0 saturated heterocycles. The number of nitro groups is 1. The van der Waals surface area contributed by atoms with Gasteiger partial charge in [0.1, 0.15) is 11.8 Å². The molecule has 0 aliphatic carbocycles. The molecule has 3 aromatic heterocycles. The first-order valence-electron chi connectivity index (χ1n) is 5.96. The van der Waals surface area contributed by atoms with Gasteiger partial charge in [0.15, 0.2) is 5.82 Å². The van der Waals surface area contributed by atoms with Crippen LogP contribution in [-0.2, 0) is 9.84 Å². The highest BCUT2D eigenvalue weighted by atomic mass is 32.2. The number of pyridine rings is 1. The standard InChI is InChI=1S/C10H8N8O4S/c1-23(21,22)10-14-8(11)17-9(15-10)13-7(16-17)5-2-3-12-4-6(5)18(19)20/h2-4H,1H3,(H2,11,13,14,15,16). The van der Waals surface area contributed by atoms with E-state index in [1.807, 2.05) is 0 Å². The van der Waals surface area contributed by atoms with Crippen molar-refractivity contribution in [2.45, 2.75) is 5.16 Å².